The Bertz CT molecular complexity index is 1240. The second-order valence-electron chi connectivity index (χ2n) is 7.45. The quantitative estimate of drug-likeness (QED) is 0.349. The van der Waals surface area contributed by atoms with Gasteiger partial charge in [0.1, 0.15) is 10.1 Å². The number of nitrogens with zero attached hydrogens (tertiary/aromatic N) is 2. The molecule has 33 heavy (non-hydrogen) atoms. The molecule has 0 bridgehead atoms. The van der Waals surface area contributed by atoms with Crippen LogP contribution in [0.4, 0.5) is 9.52 Å². The summed E-state index contributed by atoms with van der Waals surface area (Å²) in [6.07, 6.45) is 4.07. The number of aromatic nitrogens is 1. The van der Waals surface area contributed by atoms with Crippen molar-refractivity contribution >= 4 is 62.7 Å². The third kappa shape index (κ3) is 5.93. The van der Waals surface area contributed by atoms with Crippen LogP contribution in [-0.2, 0) is 16.0 Å². The van der Waals surface area contributed by atoms with Crippen LogP contribution >= 0.6 is 35.3 Å². The maximum atomic E-state index is 13.9. The summed E-state index contributed by atoms with van der Waals surface area (Å²) < 4.78 is 14.2. The van der Waals surface area contributed by atoms with Gasteiger partial charge in [-0.3, -0.25) is 14.5 Å². The molecular weight excluding hydrogens is 477 g/mol. The van der Waals surface area contributed by atoms with E-state index in [2.05, 4.69) is 34.6 Å². The predicted molar refractivity (Wildman–Crippen MR) is 136 cm³/mol. The number of aryl methyl sites for hydroxylation is 1. The number of thiocarbonyl (C=S) groups is 1. The smallest absolute Gasteiger partial charge is 0.266 e. The molecule has 0 atom stereocenters. The van der Waals surface area contributed by atoms with E-state index in [1.807, 2.05) is 6.92 Å². The number of amides is 2. The average molecular weight is 498 g/mol. The van der Waals surface area contributed by atoms with Crippen LogP contribution in [0.15, 0.2) is 59.6 Å². The number of nitrogens with one attached hydrogen (secondary N) is 1. The fourth-order valence-electron chi connectivity index (χ4n) is 3.18. The minimum atomic E-state index is -0.410. The van der Waals surface area contributed by atoms with Gasteiger partial charge in [0.05, 0.1) is 4.91 Å². The molecule has 1 aromatic heterocycles. The lowest BCUT2D eigenvalue weighted by Crippen LogP contribution is -2.31. The first-order chi connectivity index (χ1) is 15.9. The number of carbonyl (C=O) groups is 2. The number of hydrogen-bond donors (Lipinski definition) is 1. The van der Waals surface area contributed by atoms with Crippen molar-refractivity contribution in [2.24, 2.45) is 0 Å². The van der Waals surface area contributed by atoms with Crippen LogP contribution in [0, 0.1) is 12.7 Å². The number of rotatable bonds is 7. The molecule has 1 saturated heterocycles. The van der Waals surface area contributed by atoms with E-state index in [0.717, 1.165) is 23.1 Å². The van der Waals surface area contributed by atoms with Gasteiger partial charge in [0, 0.05) is 36.0 Å². The predicted octanol–water partition coefficient (Wildman–Crippen LogP) is 5.41. The maximum absolute atomic E-state index is 13.9. The van der Waals surface area contributed by atoms with Crippen molar-refractivity contribution < 1.29 is 14.0 Å². The van der Waals surface area contributed by atoms with Crippen LogP contribution in [0.5, 0.6) is 0 Å². The van der Waals surface area contributed by atoms with E-state index in [0.29, 0.717) is 19.9 Å². The minimum Gasteiger partial charge on any atom is -0.302 e. The number of thiazole rings is 1. The zero-order valence-electron chi connectivity index (χ0n) is 17.7. The average Bonchev–Trinajstić information content (AvgIpc) is 3.33. The minimum absolute atomic E-state index is 0.0757. The van der Waals surface area contributed by atoms with Gasteiger partial charge in [-0.15, -0.1) is 11.3 Å². The first-order valence-electron chi connectivity index (χ1n) is 10.2. The lowest BCUT2D eigenvalue weighted by Gasteiger charge is -2.13. The molecule has 1 aliphatic heterocycles. The van der Waals surface area contributed by atoms with Crippen LogP contribution in [0.1, 0.15) is 28.0 Å². The third-order valence-electron chi connectivity index (χ3n) is 4.93. The van der Waals surface area contributed by atoms with Crippen molar-refractivity contribution in [3.63, 3.8) is 0 Å². The summed E-state index contributed by atoms with van der Waals surface area (Å²) in [7, 11) is 0. The van der Waals surface area contributed by atoms with E-state index < -0.39 is 5.82 Å². The molecule has 0 radical (unpaired) electrons. The molecule has 9 heteroatoms. The van der Waals surface area contributed by atoms with Crippen molar-refractivity contribution in [3.05, 3.63) is 87.0 Å². The van der Waals surface area contributed by atoms with Gasteiger partial charge in [-0.25, -0.2) is 9.37 Å². The number of thioether (sulfide) groups is 1. The first-order valence-corrected chi connectivity index (χ1v) is 12.2. The molecule has 0 aliphatic carbocycles. The summed E-state index contributed by atoms with van der Waals surface area (Å²) in [5, 5.41) is 3.31. The Balaban J connectivity index is 1.31. The molecule has 2 heterocycles. The zero-order chi connectivity index (χ0) is 23.4. The molecule has 0 unspecified atom stereocenters. The van der Waals surface area contributed by atoms with Gasteiger partial charge in [-0.1, -0.05) is 72.0 Å². The molecule has 5 nitrogen and oxygen atoms in total. The number of hydrogen-bond acceptors (Lipinski definition) is 6. The highest BCUT2D eigenvalue weighted by molar-refractivity contribution is 8.26. The van der Waals surface area contributed by atoms with Crippen LogP contribution < -0.4 is 5.32 Å². The molecule has 1 fully saturated rings. The largest absolute Gasteiger partial charge is 0.302 e. The van der Waals surface area contributed by atoms with Crippen molar-refractivity contribution in [1.29, 1.82) is 0 Å². The van der Waals surface area contributed by atoms with Crippen LogP contribution in [0.3, 0.4) is 0 Å². The van der Waals surface area contributed by atoms with Crippen LogP contribution in [0.2, 0.25) is 0 Å². The molecule has 0 saturated carbocycles. The van der Waals surface area contributed by atoms with E-state index in [1.165, 1.54) is 39.5 Å². The van der Waals surface area contributed by atoms with Crippen molar-refractivity contribution in [2.75, 3.05) is 11.9 Å². The van der Waals surface area contributed by atoms with E-state index in [9.17, 15) is 14.0 Å². The van der Waals surface area contributed by atoms with Gasteiger partial charge >= 0.3 is 0 Å². The second kappa shape index (κ2) is 10.4. The molecule has 2 aromatic carbocycles. The monoisotopic (exact) mass is 497 g/mol. The first kappa shape index (κ1) is 23.3. The Morgan fingerprint density at radius 2 is 1.97 bits per heavy atom. The van der Waals surface area contributed by atoms with Crippen molar-refractivity contribution in [1.82, 2.24) is 9.88 Å². The number of anilines is 1. The van der Waals surface area contributed by atoms with E-state index in [4.69, 9.17) is 12.2 Å². The lowest BCUT2D eigenvalue weighted by atomic mass is 10.1. The molecule has 2 amide bonds. The van der Waals surface area contributed by atoms with Gasteiger partial charge in [0.15, 0.2) is 5.13 Å². The van der Waals surface area contributed by atoms with Gasteiger partial charge in [-0.05, 0) is 24.6 Å². The van der Waals surface area contributed by atoms with E-state index in [1.54, 1.807) is 24.4 Å². The molecule has 1 N–H and O–H groups in total. The van der Waals surface area contributed by atoms with Crippen molar-refractivity contribution in [2.45, 2.75) is 19.8 Å². The molecule has 4 rings (SSSR count). The zero-order valence-corrected chi connectivity index (χ0v) is 20.2. The molecule has 3 aromatic rings. The van der Waals surface area contributed by atoms with Gasteiger partial charge in [-0.2, -0.15) is 0 Å². The van der Waals surface area contributed by atoms with Gasteiger partial charge in [0.2, 0.25) is 5.91 Å². The molecule has 1 aliphatic rings. The number of benzene rings is 2. The Labute approximate surface area is 204 Å². The highest BCUT2D eigenvalue weighted by Gasteiger charge is 2.32. The summed E-state index contributed by atoms with van der Waals surface area (Å²) in [6, 6.07) is 14.5. The van der Waals surface area contributed by atoms with E-state index >= 15 is 0 Å². The Kier molecular flexibility index (Phi) is 7.32. The van der Waals surface area contributed by atoms with Gasteiger partial charge in [0.25, 0.3) is 5.91 Å². The Morgan fingerprint density at radius 1 is 1.21 bits per heavy atom. The van der Waals surface area contributed by atoms with E-state index in [-0.39, 0.29) is 24.8 Å². The standard InChI is InChI=1S/C24H20FN3O2S3/c1-15-6-8-16(9-7-15)12-18-14-26-23(32-18)27-21(29)10-11-28-22(30)20(33-24(28)31)13-17-4-2-3-5-19(17)25/h2-9,13-14H,10-12H2,1H3,(H,26,27,29)/b20-13+. The lowest BCUT2D eigenvalue weighted by molar-refractivity contribution is -0.122. The third-order valence-corrected chi connectivity index (χ3v) is 7.22. The summed E-state index contributed by atoms with van der Waals surface area (Å²) in [4.78, 5) is 32.1. The maximum Gasteiger partial charge on any atom is 0.266 e. The van der Waals surface area contributed by atoms with Crippen LogP contribution in [0.25, 0.3) is 6.08 Å². The SMILES string of the molecule is Cc1ccc(Cc2cnc(NC(=O)CCN3C(=O)/C(=C\c4ccccc4F)SC3=S)s2)cc1. The summed E-state index contributed by atoms with van der Waals surface area (Å²) >= 11 is 7.82. The Morgan fingerprint density at radius 3 is 2.73 bits per heavy atom. The highest BCUT2D eigenvalue weighted by Crippen LogP contribution is 2.33. The molecule has 0 spiro atoms. The number of halogens is 1. The fourth-order valence-corrected chi connectivity index (χ4v) is 5.34. The van der Waals surface area contributed by atoms with Crippen molar-refractivity contribution in [3.8, 4) is 0 Å². The highest BCUT2D eigenvalue weighted by atomic mass is 32.2. The molecule has 168 valence electrons. The topological polar surface area (TPSA) is 62.3 Å². The fraction of sp³-hybridized carbons (Fsp3) is 0.167. The van der Waals surface area contributed by atoms with Gasteiger partial charge < -0.3 is 5.32 Å². The van der Waals surface area contributed by atoms with Crippen LogP contribution in [-0.4, -0.2) is 32.6 Å². The second-order valence-corrected chi connectivity index (χ2v) is 10.2. The summed E-state index contributed by atoms with van der Waals surface area (Å²) in [6.45, 7) is 2.19. The summed E-state index contributed by atoms with van der Waals surface area (Å²) in [5.74, 6) is -0.985. The summed E-state index contributed by atoms with van der Waals surface area (Å²) in [5.41, 5.74) is 2.71. The number of carbonyl (C=O) groups excluding carboxylic acids is 2. The Hall–Kier alpha value is -2.88. The normalized spacial score (nSPS) is 14.8. The molecular formula is C24H20FN3O2S3.